The minimum absolute atomic E-state index is 0.0730. The van der Waals surface area contributed by atoms with E-state index in [2.05, 4.69) is 20.6 Å². The van der Waals surface area contributed by atoms with Crippen molar-refractivity contribution in [1.29, 1.82) is 0 Å². The molecule has 2 amide bonds. The fourth-order valence-electron chi connectivity index (χ4n) is 2.97. The van der Waals surface area contributed by atoms with Crippen molar-refractivity contribution in [2.45, 2.75) is 38.6 Å². The van der Waals surface area contributed by atoms with E-state index in [1.54, 1.807) is 18.6 Å². The van der Waals surface area contributed by atoms with Crippen molar-refractivity contribution in [3.05, 3.63) is 53.6 Å². The van der Waals surface area contributed by atoms with Gasteiger partial charge in [-0.1, -0.05) is 12.1 Å². The lowest BCUT2D eigenvalue weighted by Crippen LogP contribution is -2.35. The summed E-state index contributed by atoms with van der Waals surface area (Å²) in [6.45, 7) is 3.89. The molecule has 1 aliphatic rings. The zero-order valence-electron chi connectivity index (χ0n) is 13.7. The number of benzene rings is 1. The molecule has 24 heavy (non-hydrogen) atoms. The molecule has 0 spiro atoms. The van der Waals surface area contributed by atoms with Gasteiger partial charge >= 0.3 is 0 Å². The maximum absolute atomic E-state index is 12.3. The summed E-state index contributed by atoms with van der Waals surface area (Å²) in [5.41, 5.74) is 3.61. The molecule has 0 saturated carbocycles. The topological polar surface area (TPSA) is 84.0 Å². The first-order valence-corrected chi connectivity index (χ1v) is 7.98. The first kappa shape index (κ1) is 16.1. The first-order valence-electron chi connectivity index (χ1n) is 7.98. The van der Waals surface area contributed by atoms with Crippen LogP contribution in [0.15, 0.2) is 36.8 Å². The third-order valence-electron chi connectivity index (χ3n) is 4.09. The zero-order valence-corrected chi connectivity index (χ0v) is 13.7. The number of rotatable bonds is 5. The van der Waals surface area contributed by atoms with Gasteiger partial charge < -0.3 is 10.6 Å². The Balaban J connectivity index is 1.60. The lowest BCUT2D eigenvalue weighted by Gasteiger charge is -2.15. The Kier molecular flexibility index (Phi) is 4.55. The van der Waals surface area contributed by atoms with Crippen LogP contribution >= 0.6 is 0 Å². The third-order valence-corrected chi connectivity index (χ3v) is 4.09. The Labute approximate surface area is 140 Å². The van der Waals surface area contributed by atoms with E-state index in [4.69, 9.17) is 0 Å². The molecule has 6 heteroatoms. The van der Waals surface area contributed by atoms with Gasteiger partial charge in [0.1, 0.15) is 0 Å². The fourth-order valence-corrected chi connectivity index (χ4v) is 2.97. The molecule has 6 nitrogen and oxygen atoms in total. The van der Waals surface area contributed by atoms with Crippen LogP contribution in [0, 0.1) is 6.92 Å². The van der Waals surface area contributed by atoms with Gasteiger partial charge in [0.15, 0.2) is 0 Å². The highest BCUT2D eigenvalue weighted by atomic mass is 16.2. The highest BCUT2D eigenvalue weighted by Gasteiger charge is 2.32. The summed E-state index contributed by atoms with van der Waals surface area (Å²) in [4.78, 5) is 32.7. The van der Waals surface area contributed by atoms with E-state index in [-0.39, 0.29) is 24.3 Å². The molecule has 0 aliphatic carbocycles. The fraction of sp³-hybridized carbons (Fsp3) is 0.333. The van der Waals surface area contributed by atoms with Gasteiger partial charge in [0.2, 0.25) is 11.8 Å². The smallest absolute Gasteiger partial charge is 0.232 e. The average Bonchev–Trinajstić information content (AvgIpc) is 2.83. The van der Waals surface area contributed by atoms with Gasteiger partial charge in [-0.3, -0.25) is 19.6 Å². The summed E-state index contributed by atoms with van der Waals surface area (Å²) in [6.07, 6.45) is 5.68. The Morgan fingerprint density at radius 1 is 1.38 bits per heavy atom. The lowest BCUT2D eigenvalue weighted by atomic mass is 9.96. The monoisotopic (exact) mass is 324 g/mol. The second kappa shape index (κ2) is 6.78. The van der Waals surface area contributed by atoms with E-state index in [0.717, 1.165) is 22.5 Å². The SMILES string of the molecule is Cc1ccc2c(c1)NC(=O)[C@H]2CC(=O)N[C@@H](C)Cc1cnccn1. The summed E-state index contributed by atoms with van der Waals surface area (Å²) < 4.78 is 0. The van der Waals surface area contributed by atoms with Crippen molar-refractivity contribution in [1.82, 2.24) is 15.3 Å². The quantitative estimate of drug-likeness (QED) is 0.880. The van der Waals surface area contributed by atoms with Crippen LogP contribution in [0.2, 0.25) is 0 Å². The van der Waals surface area contributed by atoms with E-state index < -0.39 is 5.92 Å². The molecule has 0 bridgehead atoms. The largest absolute Gasteiger partial charge is 0.353 e. The second-order valence-corrected chi connectivity index (χ2v) is 6.21. The second-order valence-electron chi connectivity index (χ2n) is 6.21. The zero-order chi connectivity index (χ0) is 17.1. The van der Waals surface area contributed by atoms with Crippen LogP contribution in [0.3, 0.4) is 0 Å². The predicted octanol–water partition coefficient (Wildman–Crippen LogP) is 1.96. The van der Waals surface area contributed by atoms with Crippen LogP contribution < -0.4 is 10.6 Å². The molecular formula is C18H20N4O2. The van der Waals surface area contributed by atoms with Crippen LogP contribution in [0.4, 0.5) is 5.69 Å². The van der Waals surface area contributed by atoms with Crippen molar-refractivity contribution in [3.63, 3.8) is 0 Å². The average molecular weight is 324 g/mol. The van der Waals surface area contributed by atoms with Crippen molar-refractivity contribution >= 4 is 17.5 Å². The summed E-state index contributed by atoms with van der Waals surface area (Å²) in [6, 6.07) is 5.74. The number of fused-ring (bicyclic) bond motifs is 1. The number of carbonyl (C=O) groups is 2. The van der Waals surface area contributed by atoms with Gasteiger partial charge in [-0.2, -0.15) is 0 Å². The minimum Gasteiger partial charge on any atom is -0.353 e. The van der Waals surface area contributed by atoms with E-state index in [9.17, 15) is 9.59 Å². The highest BCUT2D eigenvalue weighted by molar-refractivity contribution is 6.05. The Morgan fingerprint density at radius 3 is 2.96 bits per heavy atom. The minimum atomic E-state index is -0.427. The molecule has 2 atom stereocenters. The molecule has 2 aromatic rings. The molecule has 1 aromatic carbocycles. The number of hydrogen-bond donors (Lipinski definition) is 2. The van der Waals surface area contributed by atoms with E-state index in [1.165, 1.54) is 0 Å². The van der Waals surface area contributed by atoms with Crippen molar-refractivity contribution < 1.29 is 9.59 Å². The lowest BCUT2D eigenvalue weighted by molar-refractivity contribution is -0.125. The van der Waals surface area contributed by atoms with Crippen LogP contribution in [-0.2, 0) is 16.0 Å². The van der Waals surface area contributed by atoms with Crippen LogP contribution in [-0.4, -0.2) is 27.8 Å². The van der Waals surface area contributed by atoms with Crippen molar-refractivity contribution in [2.75, 3.05) is 5.32 Å². The van der Waals surface area contributed by atoms with E-state index in [1.807, 2.05) is 32.0 Å². The maximum Gasteiger partial charge on any atom is 0.232 e. The number of hydrogen-bond acceptors (Lipinski definition) is 4. The molecule has 3 rings (SSSR count). The van der Waals surface area contributed by atoms with E-state index >= 15 is 0 Å². The number of nitrogens with zero attached hydrogens (tertiary/aromatic N) is 2. The molecule has 1 aliphatic heterocycles. The van der Waals surface area contributed by atoms with Gasteiger partial charge in [-0.25, -0.2) is 0 Å². The van der Waals surface area contributed by atoms with Gasteiger partial charge in [0.05, 0.1) is 11.6 Å². The molecule has 0 fully saturated rings. The van der Waals surface area contributed by atoms with E-state index in [0.29, 0.717) is 6.42 Å². The predicted molar refractivity (Wildman–Crippen MR) is 90.5 cm³/mol. The maximum atomic E-state index is 12.3. The number of anilines is 1. The van der Waals surface area contributed by atoms with Crippen LogP contribution in [0.25, 0.3) is 0 Å². The molecule has 124 valence electrons. The number of aromatic nitrogens is 2. The summed E-state index contributed by atoms with van der Waals surface area (Å²) in [5, 5.41) is 5.78. The van der Waals surface area contributed by atoms with Gasteiger partial charge in [0, 0.05) is 43.2 Å². The molecule has 0 unspecified atom stereocenters. The van der Waals surface area contributed by atoms with Crippen molar-refractivity contribution in [2.24, 2.45) is 0 Å². The number of aryl methyl sites for hydroxylation is 1. The van der Waals surface area contributed by atoms with Crippen LogP contribution in [0.5, 0.6) is 0 Å². The van der Waals surface area contributed by atoms with Gasteiger partial charge in [0.25, 0.3) is 0 Å². The summed E-state index contributed by atoms with van der Waals surface area (Å²) >= 11 is 0. The molecule has 0 radical (unpaired) electrons. The molecular weight excluding hydrogens is 304 g/mol. The molecule has 1 aromatic heterocycles. The normalized spacial score (nSPS) is 17.1. The summed E-state index contributed by atoms with van der Waals surface area (Å²) in [5.74, 6) is -0.684. The van der Waals surface area contributed by atoms with Gasteiger partial charge in [-0.15, -0.1) is 0 Å². The summed E-state index contributed by atoms with van der Waals surface area (Å²) in [7, 11) is 0. The molecule has 2 N–H and O–H groups in total. The first-order chi connectivity index (χ1) is 11.5. The number of nitrogens with one attached hydrogen (secondary N) is 2. The standard InChI is InChI=1S/C18H20N4O2/c1-11-3-4-14-15(18(24)22-16(14)7-11)9-17(23)21-12(2)8-13-10-19-5-6-20-13/h3-7,10,12,15H,8-9H2,1-2H3,(H,21,23)(H,22,24)/t12-,15-/m0/s1. The van der Waals surface area contributed by atoms with Gasteiger partial charge in [-0.05, 0) is 31.0 Å². The Morgan fingerprint density at radius 2 is 2.21 bits per heavy atom. The Bertz CT molecular complexity index is 761. The molecule has 2 heterocycles. The number of amides is 2. The third kappa shape index (κ3) is 3.59. The van der Waals surface area contributed by atoms with Crippen LogP contribution in [0.1, 0.15) is 36.1 Å². The number of carbonyl (C=O) groups excluding carboxylic acids is 2. The highest BCUT2D eigenvalue weighted by Crippen LogP contribution is 2.35. The van der Waals surface area contributed by atoms with Crippen molar-refractivity contribution in [3.8, 4) is 0 Å². The Hall–Kier alpha value is -2.76. The molecule has 0 saturated heterocycles.